The Morgan fingerprint density at radius 2 is 2.15 bits per heavy atom. The van der Waals surface area contributed by atoms with Crippen molar-refractivity contribution in [2.75, 3.05) is 0 Å². The van der Waals surface area contributed by atoms with Crippen LogP contribution < -0.4 is 11.3 Å². The Labute approximate surface area is 132 Å². The first-order chi connectivity index (χ1) is 9.69. The summed E-state index contributed by atoms with van der Waals surface area (Å²) in [5, 5.41) is 6.75. The van der Waals surface area contributed by atoms with Crippen LogP contribution in [0.1, 0.15) is 49.3 Å². The van der Waals surface area contributed by atoms with Gasteiger partial charge in [0.05, 0.1) is 17.8 Å². The lowest BCUT2D eigenvalue weighted by Crippen LogP contribution is -2.29. The minimum absolute atomic E-state index is 0.0921. The fourth-order valence-electron chi connectivity index (χ4n) is 2.34. The fourth-order valence-corrected chi connectivity index (χ4v) is 4.05. The molecule has 4 nitrogen and oxygen atoms in total. The van der Waals surface area contributed by atoms with Crippen molar-refractivity contribution in [1.82, 2.24) is 15.2 Å². The molecule has 2 rings (SSSR count). The summed E-state index contributed by atoms with van der Waals surface area (Å²) in [6.45, 7) is 4.39. The highest BCUT2D eigenvalue weighted by Crippen LogP contribution is 2.30. The molecule has 2 aromatic rings. The molecule has 0 amide bonds. The molecule has 0 aliphatic heterocycles. The van der Waals surface area contributed by atoms with E-state index >= 15 is 0 Å². The molecule has 1 atom stereocenters. The molecule has 6 heteroatoms. The Kier molecular flexibility index (Phi) is 5.77. The molecule has 0 saturated carbocycles. The third-order valence-corrected chi connectivity index (χ3v) is 5.54. The second kappa shape index (κ2) is 7.36. The zero-order chi connectivity index (χ0) is 14.5. The van der Waals surface area contributed by atoms with Gasteiger partial charge in [0.25, 0.3) is 0 Å². The summed E-state index contributed by atoms with van der Waals surface area (Å²) in [6.07, 6.45) is 5.08. The summed E-state index contributed by atoms with van der Waals surface area (Å²) in [5.41, 5.74) is 3.96. The first-order valence-corrected chi connectivity index (χ1v) is 8.59. The van der Waals surface area contributed by atoms with Gasteiger partial charge in [-0.3, -0.25) is 16.0 Å². The van der Waals surface area contributed by atoms with Crippen molar-refractivity contribution in [2.45, 2.75) is 45.2 Å². The third-order valence-electron chi connectivity index (χ3n) is 3.56. The molecule has 110 valence electrons. The van der Waals surface area contributed by atoms with Crippen LogP contribution in [0.3, 0.4) is 0 Å². The van der Waals surface area contributed by atoms with Gasteiger partial charge in [-0.1, -0.05) is 13.8 Å². The Bertz CT molecular complexity index is 533. The molecule has 20 heavy (non-hydrogen) atoms. The van der Waals surface area contributed by atoms with Crippen molar-refractivity contribution < 1.29 is 0 Å². The van der Waals surface area contributed by atoms with E-state index in [1.54, 1.807) is 11.3 Å². The lowest BCUT2D eigenvalue weighted by molar-refractivity contribution is 0.422. The molecule has 0 spiro atoms. The number of nitrogens with two attached hydrogens (primary N) is 1. The van der Waals surface area contributed by atoms with Gasteiger partial charge in [0.15, 0.2) is 0 Å². The summed E-state index contributed by atoms with van der Waals surface area (Å²) < 4.78 is 3.18. The fraction of sp³-hybridized carbons (Fsp3) is 0.500. The third kappa shape index (κ3) is 3.49. The molecule has 0 radical (unpaired) electrons. The monoisotopic (exact) mass is 356 g/mol. The van der Waals surface area contributed by atoms with Crippen LogP contribution in [0.2, 0.25) is 0 Å². The molecule has 3 N–H and O–H groups in total. The topological polar surface area (TPSA) is 55.9 Å². The molecular weight excluding hydrogens is 336 g/mol. The van der Waals surface area contributed by atoms with Gasteiger partial charge in [-0.25, -0.2) is 0 Å². The zero-order valence-corrected chi connectivity index (χ0v) is 14.2. The van der Waals surface area contributed by atoms with Crippen molar-refractivity contribution in [3.8, 4) is 0 Å². The lowest BCUT2D eigenvalue weighted by atomic mass is 10.1. The van der Waals surface area contributed by atoms with E-state index in [4.69, 9.17) is 5.84 Å². The number of halogens is 1. The van der Waals surface area contributed by atoms with Gasteiger partial charge in [-0.05, 0) is 46.3 Å². The van der Waals surface area contributed by atoms with Gasteiger partial charge in [0.2, 0.25) is 0 Å². The normalized spacial score (nSPS) is 13.1. The smallest absolute Gasteiger partial charge is 0.0644 e. The molecule has 2 aromatic heterocycles. The quantitative estimate of drug-likeness (QED) is 0.585. The van der Waals surface area contributed by atoms with E-state index in [1.165, 1.54) is 4.88 Å². The van der Waals surface area contributed by atoms with Gasteiger partial charge in [-0.2, -0.15) is 5.10 Å². The first kappa shape index (κ1) is 15.7. The maximum Gasteiger partial charge on any atom is 0.0644 e. The summed E-state index contributed by atoms with van der Waals surface area (Å²) in [4.78, 5) is 1.21. The summed E-state index contributed by atoms with van der Waals surface area (Å²) in [6, 6.07) is 4.72. The van der Waals surface area contributed by atoms with Crippen molar-refractivity contribution in [2.24, 2.45) is 5.84 Å². The van der Waals surface area contributed by atoms with Crippen molar-refractivity contribution in [1.29, 1.82) is 0 Å². The average Bonchev–Trinajstić information content (AvgIpc) is 3.07. The van der Waals surface area contributed by atoms with Crippen LogP contribution in [-0.2, 0) is 6.42 Å². The zero-order valence-electron chi connectivity index (χ0n) is 11.8. The van der Waals surface area contributed by atoms with Gasteiger partial charge in [0, 0.05) is 22.0 Å². The minimum atomic E-state index is 0.0921. The van der Waals surface area contributed by atoms with E-state index < -0.39 is 0 Å². The lowest BCUT2D eigenvalue weighted by Gasteiger charge is -2.15. The van der Waals surface area contributed by atoms with Gasteiger partial charge in [-0.15, -0.1) is 11.3 Å². The van der Waals surface area contributed by atoms with Crippen LogP contribution in [0, 0.1) is 0 Å². The summed E-state index contributed by atoms with van der Waals surface area (Å²) in [5.74, 6) is 5.70. The van der Waals surface area contributed by atoms with Gasteiger partial charge >= 0.3 is 0 Å². The summed E-state index contributed by atoms with van der Waals surface area (Å²) >= 11 is 5.26. The molecule has 0 aliphatic rings. The van der Waals surface area contributed by atoms with E-state index in [-0.39, 0.29) is 6.04 Å². The van der Waals surface area contributed by atoms with Gasteiger partial charge < -0.3 is 0 Å². The Balaban J connectivity index is 2.11. The Morgan fingerprint density at radius 1 is 1.40 bits per heavy atom. The number of hydrogen-bond acceptors (Lipinski definition) is 4. The first-order valence-electron chi connectivity index (χ1n) is 6.92. The number of nitrogens with zero attached hydrogens (tertiary/aromatic N) is 2. The second-order valence-corrected chi connectivity index (χ2v) is 6.62. The van der Waals surface area contributed by atoms with Crippen LogP contribution in [0.4, 0.5) is 0 Å². The van der Waals surface area contributed by atoms with Crippen molar-refractivity contribution >= 4 is 27.3 Å². The predicted octanol–water partition coefficient (Wildman–Crippen LogP) is 3.82. The highest BCUT2D eigenvalue weighted by Gasteiger charge is 2.17. The molecule has 1 unspecified atom stereocenters. The van der Waals surface area contributed by atoms with E-state index in [0.717, 1.165) is 29.4 Å². The van der Waals surface area contributed by atoms with Gasteiger partial charge in [0.1, 0.15) is 0 Å². The van der Waals surface area contributed by atoms with Crippen LogP contribution in [0.25, 0.3) is 0 Å². The molecule has 2 heterocycles. The van der Waals surface area contributed by atoms with Crippen LogP contribution >= 0.6 is 27.3 Å². The van der Waals surface area contributed by atoms with Crippen LogP contribution in [0.15, 0.2) is 28.2 Å². The maximum atomic E-state index is 5.70. The molecule has 0 fully saturated rings. The minimum Gasteiger partial charge on any atom is -0.271 e. The highest BCUT2D eigenvalue weighted by atomic mass is 79.9. The van der Waals surface area contributed by atoms with E-state index in [2.05, 4.69) is 62.6 Å². The van der Waals surface area contributed by atoms with Crippen molar-refractivity contribution in [3.63, 3.8) is 0 Å². The predicted molar refractivity (Wildman–Crippen MR) is 87.6 cm³/mol. The molecule has 0 aromatic carbocycles. The molecule has 0 saturated heterocycles. The Morgan fingerprint density at radius 3 is 2.70 bits per heavy atom. The Hall–Kier alpha value is -0.690. The number of thiophene rings is 1. The largest absolute Gasteiger partial charge is 0.271 e. The van der Waals surface area contributed by atoms with Crippen molar-refractivity contribution in [3.05, 3.63) is 38.8 Å². The molecular formula is C14H21BrN4S. The summed E-state index contributed by atoms with van der Waals surface area (Å²) in [7, 11) is 0. The van der Waals surface area contributed by atoms with E-state index in [9.17, 15) is 0 Å². The van der Waals surface area contributed by atoms with E-state index in [0.29, 0.717) is 6.04 Å². The SMILES string of the molecule is CCC(CC)n1ccc(CC(NN)c2sccc2Br)n1. The average molecular weight is 357 g/mol. The standard InChI is InChI=1S/C14H21BrN4S/c1-3-11(4-2)19-7-5-10(18-19)9-13(17-16)14-12(15)6-8-20-14/h5-8,11,13,17H,3-4,9,16H2,1-2H3. The maximum absolute atomic E-state index is 5.70. The number of aromatic nitrogens is 2. The second-order valence-electron chi connectivity index (χ2n) is 4.81. The number of rotatable bonds is 7. The molecule has 0 aliphatic carbocycles. The van der Waals surface area contributed by atoms with Crippen LogP contribution in [0.5, 0.6) is 0 Å². The van der Waals surface area contributed by atoms with Crippen LogP contribution in [-0.4, -0.2) is 9.78 Å². The highest BCUT2D eigenvalue weighted by molar-refractivity contribution is 9.10. The molecule has 0 bridgehead atoms. The number of hydrogen-bond donors (Lipinski definition) is 2. The van der Waals surface area contributed by atoms with E-state index in [1.807, 2.05) is 6.07 Å². The number of nitrogens with one attached hydrogen (secondary N) is 1. The number of hydrazine groups is 1.